The number of benzene rings is 2. The molecule has 1 heterocycles. The van der Waals surface area contributed by atoms with Gasteiger partial charge >= 0.3 is 6.03 Å². The molecule has 1 aliphatic rings. The standard InChI is InChI=1S/C23H25ClIN3O6/c1-12(2)20(21(31)26-18-8-5-14(25)9-17(18)24)28-22(32)19(27-23(28)33)13-3-6-16(7-4-13)34-11-15(30)10-29/h3-9,12,15,19-20,29-30H,10-11H2,1-2H3,(H,26,31)(H,27,33). The largest absolute Gasteiger partial charge is 0.491 e. The number of nitrogens with zero attached hydrogens (tertiary/aromatic N) is 1. The first kappa shape index (κ1) is 26.2. The zero-order chi connectivity index (χ0) is 25.0. The lowest BCUT2D eigenvalue weighted by atomic mass is 10.0. The highest BCUT2D eigenvalue weighted by Crippen LogP contribution is 2.29. The molecule has 4 amide bonds. The van der Waals surface area contributed by atoms with Crippen molar-refractivity contribution in [3.8, 4) is 5.75 Å². The van der Waals surface area contributed by atoms with Gasteiger partial charge in [0, 0.05) is 3.57 Å². The van der Waals surface area contributed by atoms with E-state index in [2.05, 4.69) is 33.2 Å². The third-order valence-electron chi connectivity index (χ3n) is 5.20. The maximum absolute atomic E-state index is 13.2. The molecule has 0 aliphatic carbocycles. The van der Waals surface area contributed by atoms with E-state index in [0.717, 1.165) is 8.47 Å². The zero-order valence-electron chi connectivity index (χ0n) is 18.5. The van der Waals surface area contributed by atoms with Crippen LogP contribution in [0.3, 0.4) is 0 Å². The van der Waals surface area contributed by atoms with Crippen molar-refractivity contribution in [2.75, 3.05) is 18.5 Å². The SMILES string of the molecule is CC(C)C(C(=O)Nc1ccc(I)cc1Cl)N1C(=O)NC(c2ccc(OCC(O)CO)cc2)C1=O. The maximum Gasteiger partial charge on any atom is 0.325 e. The third kappa shape index (κ3) is 5.98. The molecule has 4 N–H and O–H groups in total. The zero-order valence-corrected chi connectivity index (χ0v) is 21.4. The number of ether oxygens (including phenoxy) is 1. The first-order valence-corrected chi connectivity index (χ1v) is 12.0. The molecular formula is C23H25ClIN3O6. The van der Waals surface area contributed by atoms with Crippen LogP contribution in [0.5, 0.6) is 5.75 Å². The van der Waals surface area contributed by atoms with Crippen LogP contribution in [-0.2, 0) is 9.59 Å². The normalized spacial score (nSPS) is 17.5. The Bertz CT molecular complexity index is 1070. The predicted octanol–water partition coefficient (Wildman–Crippen LogP) is 2.93. The van der Waals surface area contributed by atoms with Gasteiger partial charge in [-0.1, -0.05) is 37.6 Å². The minimum atomic E-state index is -1.05. The number of hydrogen-bond donors (Lipinski definition) is 4. The molecule has 1 aliphatic heterocycles. The molecule has 182 valence electrons. The summed E-state index contributed by atoms with van der Waals surface area (Å²) in [6, 6.07) is 8.89. The number of anilines is 1. The van der Waals surface area contributed by atoms with Gasteiger partial charge < -0.3 is 25.6 Å². The first-order chi connectivity index (χ1) is 16.1. The van der Waals surface area contributed by atoms with Crippen molar-refractivity contribution in [3.63, 3.8) is 0 Å². The molecule has 1 saturated heterocycles. The molecule has 0 bridgehead atoms. The van der Waals surface area contributed by atoms with E-state index in [9.17, 15) is 19.5 Å². The predicted molar refractivity (Wildman–Crippen MR) is 135 cm³/mol. The van der Waals surface area contributed by atoms with E-state index in [-0.39, 0.29) is 12.5 Å². The van der Waals surface area contributed by atoms with Gasteiger partial charge in [0.25, 0.3) is 5.91 Å². The Labute approximate surface area is 215 Å². The van der Waals surface area contributed by atoms with Gasteiger partial charge in [-0.15, -0.1) is 0 Å². The monoisotopic (exact) mass is 601 g/mol. The fourth-order valence-corrected chi connectivity index (χ4v) is 4.40. The van der Waals surface area contributed by atoms with E-state index in [1.54, 1.807) is 56.3 Å². The van der Waals surface area contributed by atoms with Crippen LogP contribution >= 0.6 is 34.2 Å². The molecule has 0 radical (unpaired) electrons. The quantitative estimate of drug-likeness (QED) is 0.259. The van der Waals surface area contributed by atoms with Gasteiger partial charge in [-0.05, 0) is 64.4 Å². The summed E-state index contributed by atoms with van der Waals surface area (Å²) in [6.07, 6.45) is -1.00. The fraction of sp³-hybridized carbons (Fsp3) is 0.348. The molecule has 9 nitrogen and oxygen atoms in total. The van der Waals surface area contributed by atoms with Crippen LogP contribution in [0.15, 0.2) is 42.5 Å². The Balaban J connectivity index is 1.76. The summed E-state index contributed by atoms with van der Waals surface area (Å²) in [7, 11) is 0. The van der Waals surface area contributed by atoms with Crippen LogP contribution in [-0.4, -0.2) is 58.3 Å². The third-order valence-corrected chi connectivity index (χ3v) is 6.19. The van der Waals surface area contributed by atoms with E-state index in [1.165, 1.54) is 0 Å². The highest BCUT2D eigenvalue weighted by Gasteiger charge is 2.46. The summed E-state index contributed by atoms with van der Waals surface area (Å²) >= 11 is 8.33. The lowest BCUT2D eigenvalue weighted by Gasteiger charge is -2.27. The summed E-state index contributed by atoms with van der Waals surface area (Å²) in [5.41, 5.74) is 0.905. The molecule has 3 unspecified atom stereocenters. The van der Waals surface area contributed by atoms with Crippen LogP contribution < -0.4 is 15.4 Å². The van der Waals surface area contributed by atoms with E-state index in [0.29, 0.717) is 22.0 Å². The van der Waals surface area contributed by atoms with Crippen molar-refractivity contribution in [2.24, 2.45) is 5.92 Å². The second-order valence-electron chi connectivity index (χ2n) is 8.11. The first-order valence-electron chi connectivity index (χ1n) is 10.5. The van der Waals surface area contributed by atoms with Crippen molar-refractivity contribution < 1.29 is 29.3 Å². The van der Waals surface area contributed by atoms with Gasteiger partial charge in [0.05, 0.1) is 17.3 Å². The number of rotatable bonds is 9. The molecule has 11 heteroatoms. The molecule has 3 atom stereocenters. The molecule has 3 rings (SSSR count). The number of aliphatic hydroxyl groups is 2. The Kier molecular flexibility index (Phi) is 8.74. The average Bonchev–Trinajstić information content (AvgIpc) is 3.08. The van der Waals surface area contributed by atoms with Gasteiger partial charge in [0.1, 0.15) is 30.5 Å². The van der Waals surface area contributed by atoms with Crippen LogP contribution in [0.2, 0.25) is 5.02 Å². The molecule has 1 fully saturated rings. The van der Waals surface area contributed by atoms with Crippen LogP contribution in [0.4, 0.5) is 10.5 Å². The number of nitrogens with one attached hydrogen (secondary N) is 2. The van der Waals surface area contributed by atoms with E-state index < -0.39 is 42.6 Å². The Hall–Kier alpha value is -2.41. The second kappa shape index (κ2) is 11.3. The second-order valence-corrected chi connectivity index (χ2v) is 9.76. The molecule has 0 spiro atoms. The van der Waals surface area contributed by atoms with Crippen molar-refractivity contribution in [1.29, 1.82) is 0 Å². The number of amides is 4. The smallest absolute Gasteiger partial charge is 0.325 e. The fourth-order valence-electron chi connectivity index (χ4n) is 3.50. The number of halogens is 2. The molecule has 34 heavy (non-hydrogen) atoms. The van der Waals surface area contributed by atoms with Gasteiger partial charge in [-0.25, -0.2) is 9.69 Å². The highest BCUT2D eigenvalue weighted by atomic mass is 127. The van der Waals surface area contributed by atoms with Crippen molar-refractivity contribution >= 4 is 57.7 Å². The Morgan fingerprint density at radius 1 is 1.24 bits per heavy atom. The topological polar surface area (TPSA) is 128 Å². The number of carbonyl (C=O) groups excluding carboxylic acids is 3. The molecular weight excluding hydrogens is 577 g/mol. The average molecular weight is 602 g/mol. The minimum absolute atomic E-state index is 0.0848. The molecule has 2 aromatic carbocycles. The lowest BCUT2D eigenvalue weighted by Crippen LogP contribution is -2.50. The molecule has 0 saturated carbocycles. The number of urea groups is 1. The van der Waals surface area contributed by atoms with E-state index in [1.807, 2.05) is 0 Å². The van der Waals surface area contributed by atoms with E-state index in [4.69, 9.17) is 21.4 Å². The van der Waals surface area contributed by atoms with Crippen molar-refractivity contribution in [3.05, 3.63) is 56.6 Å². The van der Waals surface area contributed by atoms with Gasteiger partial charge in [-0.2, -0.15) is 0 Å². The number of carbonyl (C=O) groups is 3. The summed E-state index contributed by atoms with van der Waals surface area (Å²) in [6.45, 7) is 3.00. The lowest BCUT2D eigenvalue weighted by molar-refractivity contribution is -0.135. The van der Waals surface area contributed by atoms with Gasteiger partial charge in [0.2, 0.25) is 5.91 Å². The number of aliphatic hydroxyl groups excluding tert-OH is 2. The minimum Gasteiger partial charge on any atom is -0.491 e. The highest BCUT2D eigenvalue weighted by molar-refractivity contribution is 14.1. The molecule has 0 aromatic heterocycles. The van der Waals surface area contributed by atoms with Crippen LogP contribution in [0.25, 0.3) is 0 Å². The van der Waals surface area contributed by atoms with E-state index >= 15 is 0 Å². The van der Waals surface area contributed by atoms with Crippen LogP contribution in [0.1, 0.15) is 25.5 Å². The Morgan fingerprint density at radius 2 is 1.91 bits per heavy atom. The van der Waals surface area contributed by atoms with Crippen molar-refractivity contribution in [1.82, 2.24) is 10.2 Å². The molecule has 2 aromatic rings. The summed E-state index contributed by atoms with van der Waals surface area (Å²) in [4.78, 5) is 40.0. The van der Waals surface area contributed by atoms with Gasteiger partial charge in [-0.3, -0.25) is 9.59 Å². The summed E-state index contributed by atoms with van der Waals surface area (Å²) in [5, 5.41) is 24.0. The van der Waals surface area contributed by atoms with Crippen LogP contribution in [0, 0.1) is 9.49 Å². The Morgan fingerprint density at radius 3 is 2.50 bits per heavy atom. The van der Waals surface area contributed by atoms with Crippen molar-refractivity contribution in [2.45, 2.75) is 32.0 Å². The maximum atomic E-state index is 13.2. The van der Waals surface area contributed by atoms with Gasteiger partial charge in [0.15, 0.2) is 0 Å². The number of hydrogen-bond acceptors (Lipinski definition) is 6. The summed E-state index contributed by atoms with van der Waals surface area (Å²) < 4.78 is 6.27. The number of imide groups is 1. The summed E-state index contributed by atoms with van der Waals surface area (Å²) in [5.74, 6) is -0.992.